The van der Waals surface area contributed by atoms with Gasteiger partial charge in [-0.3, -0.25) is 4.68 Å². The lowest BCUT2D eigenvalue weighted by atomic mass is 9.51. The smallest absolute Gasteiger partial charge is 0.315 e. The zero-order valence-corrected chi connectivity index (χ0v) is 14.7. The molecule has 0 aliphatic heterocycles. The van der Waals surface area contributed by atoms with Gasteiger partial charge in [-0.15, -0.1) is 0 Å². The van der Waals surface area contributed by atoms with E-state index in [1.54, 1.807) is 0 Å². The molecule has 4 rings (SSSR count). The van der Waals surface area contributed by atoms with Crippen molar-refractivity contribution >= 4 is 6.03 Å². The minimum atomic E-state index is -0.0390. The number of hydrogen-bond acceptors (Lipinski definition) is 3. The SMILES string of the molecule is CCO[C@@H]1C[C@H](NC(=O)N[C@H]2CCCc3c2cnn3C)C12CCC2. The number of amides is 2. The molecule has 2 N–H and O–H groups in total. The van der Waals surface area contributed by atoms with Crippen LogP contribution in [-0.4, -0.2) is 34.6 Å². The van der Waals surface area contributed by atoms with Gasteiger partial charge in [0.15, 0.2) is 0 Å². The molecular weight excluding hydrogens is 304 g/mol. The minimum absolute atomic E-state index is 0.0390. The fourth-order valence-electron chi connectivity index (χ4n) is 4.85. The molecule has 1 aromatic rings. The number of hydrogen-bond donors (Lipinski definition) is 2. The van der Waals surface area contributed by atoms with Gasteiger partial charge in [0.25, 0.3) is 0 Å². The van der Waals surface area contributed by atoms with E-state index in [1.807, 2.05) is 24.9 Å². The molecule has 1 spiro atoms. The largest absolute Gasteiger partial charge is 0.378 e. The molecule has 3 aliphatic rings. The van der Waals surface area contributed by atoms with Gasteiger partial charge in [0.05, 0.1) is 18.3 Å². The van der Waals surface area contributed by atoms with Crippen molar-refractivity contribution in [3.8, 4) is 0 Å². The first-order valence-corrected chi connectivity index (χ1v) is 9.33. The zero-order valence-electron chi connectivity index (χ0n) is 14.7. The average molecular weight is 332 g/mol. The average Bonchev–Trinajstić information content (AvgIpc) is 2.87. The molecule has 2 amide bonds. The predicted molar refractivity (Wildman–Crippen MR) is 90.7 cm³/mol. The van der Waals surface area contributed by atoms with Crippen molar-refractivity contribution in [1.29, 1.82) is 0 Å². The Balaban J connectivity index is 1.37. The maximum Gasteiger partial charge on any atom is 0.315 e. The topological polar surface area (TPSA) is 68.2 Å². The van der Waals surface area contributed by atoms with E-state index >= 15 is 0 Å². The van der Waals surface area contributed by atoms with Gasteiger partial charge in [0.2, 0.25) is 0 Å². The van der Waals surface area contributed by atoms with E-state index in [9.17, 15) is 4.79 Å². The Morgan fingerprint density at radius 2 is 2.25 bits per heavy atom. The van der Waals surface area contributed by atoms with Crippen LogP contribution >= 0.6 is 0 Å². The summed E-state index contributed by atoms with van der Waals surface area (Å²) in [6, 6.07) is 0.310. The number of carbonyl (C=O) groups is 1. The molecule has 2 saturated carbocycles. The Bertz CT molecular complexity index is 623. The van der Waals surface area contributed by atoms with Crippen LogP contribution in [0, 0.1) is 5.41 Å². The minimum Gasteiger partial charge on any atom is -0.378 e. The molecule has 0 bridgehead atoms. The molecule has 6 nitrogen and oxygen atoms in total. The van der Waals surface area contributed by atoms with Crippen LogP contribution in [0.4, 0.5) is 4.79 Å². The number of nitrogens with one attached hydrogen (secondary N) is 2. The number of carbonyl (C=O) groups excluding carboxylic acids is 1. The molecule has 0 aromatic carbocycles. The van der Waals surface area contributed by atoms with E-state index < -0.39 is 0 Å². The van der Waals surface area contributed by atoms with Gasteiger partial charge >= 0.3 is 6.03 Å². The number of aromatic nitrogens is 2. The highest BCUT2D eigenvalue weighted by Gasteiger charge is 2.59. The van der Waals surface area contributed by atoms with Gasteiger partial charge in [0, 0.05) is 36.4 Å². The lowest BCUT2D eigenvalue weighted by molar-refractivity contribution is -0.169. The summed E-state index contributed by atoms with van der Waals surface area (Å²) in [5, 5.41) is 10.7. The highest BCUT2D eigenvalue weighted by molar-refractivity contribution is 5.75. The number of ether oxygens (including phenoxy) is 1. The van der Waals surface area contributed by atoms with Crippen LogP contribution in [0.5, 0.6) is 0 Å². The van der Waals surface area contributed by atoms with Crippen molar-refractivity contribution in [2.24, 2.45) is 12.5 Å². The predicted octanol–water partition coefficient (Wildman–Crippen LogP) is 2.44. The molecule has 132 valence electrons. The summed E-state index contributed by atoms with van der Waals surface area (Å²) in [5.41, 5.74) is 2.64. The van der Waals surface area contributed by atoms with Crippen molar-refractivity contribution in [1.82, 2.24) is 20.4 Å². The number of rotatable bonds is 4. The Morgan fingerprint density at radius 3 is 2.96 bits per heavy atom. The van der Waals surface area contributed by atoms with Crippen LogP contribution in [-0.2, 0) is 18.2 Å². The van der Waals surface area contributed by atoms with E-state index in [0.717, 1.165) is 32.3 Å². The molecule has 2 fully saturated rings. The Kier molecular flexibility index (Phi) is 4.03. The van der Waals surface area contributed by atoms with E-state index in [4.69, 9.17) is 4.74 Å². The van der Waals surface area contributed by atoms with Gasteiger partial charge in [-0.25, -0.2) is 4.79 Å². The van der Waals surface area contributed by atoms with Gasteiger partial charge < -0.3 is 15.4 Å². The number of aryl methyl sites for hydroxylation is 1. The molecular formula is C18H28N4O2. The Morgan fingerprint density at radius 1 is 1.42 bits per heavy atom. The normalized spacial score (nSPS) is 30.2. The van der Waals surface area contributed by atoms with Crippen LogP contribution in [0.3, 0.4) is 0 Å². The highest BCUT2D eigenvalue weighted by atomic mass is 16.5. The molecule has 1 aromatic heterocycles. The van der Waals surface area contributed by atoms with Crippen molar-refractivity contribution in [3.63, 3.8) is 0 Å². The first kappa shape index (κ1) is 15.9. The molecule has 6 heteroatoms. The maximum atomic E-state index is 12.5. The van der Waals surface area contributed by atoms with Gasteiger partial charge in [-0.2, -0.15) is 5.10 Å². The first-order valence-electron chi connectivity index (χ1n) is 9.33. The van der Waals surface area contributed by atoms with Gasteiger partial charge in [0.1, 0.15) is 0 Å². The molecule has 0 unspecified atom stereocenters. The first-order chi connectivity index (χ1) is 11.6. The third-order valence-electron chi connectivity index (χ3n) is 6.42. The highest BCUT2D eigenvalue weighted by Crippen LogP contribution is 2.57. The molecule has 0 radical (unpaired) electrons. The monoisotopic (exact) mass is 332 g/mol. The summed E-state index contributed by atoms with van der Waals surface area (Å²) in [7, 11) is 1.98. The Labute approximate surface area is 143 Å². The van der Waals surface area contributed by atoms with Gasteiger partial charge in [-0.1, -0.05) is 6.42 Å². The maximum absolute atomic E-state index is 12.5. The van der Waals surface area contributed by atoms with Crippen LogP contribution in [0.25, 0.3) is 0 Å². The van der Waals surface area contributed by atoms with E-state index in [2.05, 4.69) is 15.7 Å². The van der Waals surface area contributed by atoms with Crippen LogP contribution in [0.15, 0.2) is 6.20 Å². The fourth-order valence-corrected chi connectivity index (χ4v) is 4.85. The van der Waals surface area contributed by atoms with Gasteiger partial charge in [-0.05, 0) is 45.4 Å². The summed E-state index contributed by atoms with van der Waals surface area (Å²) in [4.78, 5) is 12.5. The lowest BCUT2D eigenvalue weighted by Gasteiger charge is -2.60. The molecule has 1 heterocycles. The van der Waals surface area contributed by atoms with E-state index in [0.29, 0.717) is 6.10 Å². The third-order valence-corrected chi connectivity index (χ3v) is 6.42. The standard InChI is InChI=1S/C18H28N4O2/c1-3-24-16-10-15(18(16)8-5-9-18)21-17(23)20-13-6-4-7-14-12(13)11-19-22(14)2/h11,13,15-16H,3-10H2,1-2H3,(H2,20,21,23)/t13-,15-,16+/m0/s1. The zero-order chi connectivity index (χ0) is 16.7. The third kappa shape index (κ3) is 2.42. The molecule has 3 aliphatic carbocycles. The Hall–Kier alpha value is -1.56. The summed E-state index contributed by atoms with van der Waals surface area (Å²) in [6.45, 7) is 2.81. The number of fused-ring (bicyclic) bond motifs is 1. The second-order valence-electron chi connectivity index (χ2n) is 7.55. The van der Waals surface area contributed by atoms with Crippen molar-refractivity contribution in [3.05, 3.63) is 17.5 Å². The molecule has 0 saturated heterocycles. The van der Waals surface area contributed by atoms with Crippen molar-refractivity contribution < 1.29 is 9.53 Å². The summed E-state index contributed by atoms with van der Waals surface area (Å²) in [5.74, 6) is 0. The lowest BCUT2D eigenvalue weighted by Crippen LogP contribution is -2.68. The summed E-state index contributed by atoms with van der Waals surface area (Å²) < 4.78 is 7.80. The molecule has 3 atom stereocenters. The fraction of sp³-hybridized carbons (Fsp3) is 0.778. The second kappa shape index (κ2) is 6.06. The van der Waals surface area contributed by atoms with E-state index in [-0.39, 0.29) is 23.5 Å². The van der Waals surface area contributed by atoms with Crippen LogP contribution in [0.1, 0.15) is 62.7 Å². The van der Waals surface area contributed by atoms with Crippen molar-refractivity contribution in [2.75, 3.05) is 6.61 Å². The number of urea groups is 1. The second-order valence-corrected chi connectivity index (χ2v) is 7.55. The van der Waals surface area contributed by atoms with Crippen LogP contribution < -0.4 is 10.6 Å². The molecule has 24 heavy (non-hydrogen) atoms. The number of nitrogens with zero attached hydrogens (tertiary/aromatic N) is 2. The van der Waals surface area contributed by atoms with E-state index in [1.165, 1.54) is 30.5 Å². The summed E-state index contributed by atoms with van der Waals surface area (Å²) >= 11 is 0. The quantitative estimate of drug-likeness (QED) is 0.890. The summed E-state index contributed by atoms with van der Waals surface area (Å²) in [6.07, 6.45) is 9.93. The van der Waals surface area contributed by atoms with Crippen LogP contribution in [0.2, 0.25) is 0 Å². The van der Waals surface area contributed by atoms with Crippen molar-refractivity contribution in [2.45, 2.75) is 70.1 Å².